The summed E-state index contributed by atoms with van der Waals surface area (Å²) in [4.78, 5) is 14.2. The van der Waals surface area contributed by atoms with Crippen LogP contribution < -0.4 is 10.1 Å². The Balaban J connectivity index is 1.82. The maximum Gasteiger partial charge on any atom is 0.256 e. The van der Waals surface area contributed by atoms with Crippen LogP contribution >= 0.6 is 0 Å². The lowest BCUT2D eigenvalue weighted by molar-refractivity contribution is 0.0704. The van der Waals surface area contributed by atoms with E-state index in [0.717, 1.165) is 23.4 Å². The number of methoxy groups -OCH3 is 1. The van der Waals surface area contributed by atoms with E-state index in [1.807, 2.05) is 31.2 Å². The first-order valence-electron chi connectivity index (χ1n) is 8.05. The van der Waals surface area contributed by atoms with Gasteiger partial charge in [0.1, 0.15) is 11.6 Å². The lowest BCUT2D eigenvalue weighted by Crippen LogP contribution is -2.51. The summed E-state index contributed by atoms with van der Waals surface area (Å²) in [5.74, 6) is 0.0143. The molecule has 1 saturated heterocycles. The van der Waals surface area contributed by atoms with Gasteiger partial charge in [0.15, 0.2) is 0 Å². The third kappa shape index (κ3) is 3.41. The van der Waals surface area contributed by atoms with Gasteiger partial charge >= 0.3 is 0 Å². The van der Waals surface area contributed by atoms with Crippen molar-refractivity contribution in [1.29, 1.82) is 0 Å². The highest BCUT2D eigenvalue weighted by Gasteiger charge is 2.23. The van der Waals surface area contributed by atoms with Crippen molar-refractivity contribution in [2.45, 2.75) is 13.0 Å². The van der Waals surface area contributed by atoms with Crippen LogP contribution in [0.4, 0.5) is 4.39 Å². The lowest BCUT2D eigenvalue weighted by Gasteiger charge is -2.32. The van der Waals surface area contributed by atoms with Crippen molar-refractivity contribution in [3.05, 3.63) is 53.8 Å². The molecule has 1 amide bonds. The fraction of sp³-hybridized carbons (Fsp3) is 0.316. The molecule has 0 radical (unpaired) electrons. The van der Waals surface area contributed by atoms with Crippen LogP contribution in [-0.2, 0) is 0 Å². The fourth-order valence-corrected chi connectivity index (χ4v) is 2.94. The molecule has 0 spiro atoms. The van der Waals surface area contributed by atoms with E-state index in [1.165, 1.54) is 6.07 Å². The Morgan fingerprint density at radius 2 is 1.92 bits per heavy atom. The van der Waals surface area contributed by atoms with Crippen LogP contribution in [0.1, 0.15) is 17.3 Å². The Labute approximate surface area is 141 Å². The minimum absolute atomic E-state index is 0.126. The molecule has 1 unspecified atom stereocenters. The van der Waals surface area contributed by atoms with Crippen LogP contribution in [-0.4, -0.2) is 43.6 Å². The van der Waals surface area contributed by atoms with Crippen molar-refractivity contribution in [2.75, 3.05) is 26.7 Å². The standard InChI is InChI=1S/C19H21FN2O2/c1-13-12-22(10-9-21-13)19(23)17-8-5-15(11-18(17)20)14-3-6-16(24-2)7-4-14/h3-8,11,13,21H,9-10,12H2,1-2H3. The number of halogens is 1. The molecule has 0 saturated carbocycles. The predicted molar refractivity (Wildman–Crippen MR) is 91.8 cm³/mol. The Bertz CT molecular complexity index is 731. The van der Waals surface area contributed by atoms with Crippen molar-refractivity contribution in [2.24, 2.45) is 0 Å². The Kier molecular flexibility index (Phi) is 4.81. The molecule has 1 atom stereocenters. The third-order valence-corrected chi connectivity index (χ3v) is 4.28. The number of hydrogen-bond donors (Lipinski definition) is 1. The van der Waals surface area contributed by atoms with Crippen LogP contribution in [0.5, 0.6) is 5.75 Å². The Morgan fingerprint density at radius 1 is 1.21 bits per heavy atom. The van der Waals surface area contributed by atoms with Crippen LogP contribution in [0.25, 0.3) is 11.1 Å². The zero-order valence-corrected chi connectivity index (χ0v) is 13.9. The molecule has 1 aliphatic rings. The molecule has 4 nitrogen and oxygen atoms in total. The Hall–Kier alpha value is -2.40. The summed E-state index contributed by atoms with van der Waals surface area (Å²) in [7, 11) is 1.60. The van der Waals surface area contributed by atoms with Gasteiger partial charge in [0.2, 0.25) is 0 Å². The zero-order valence-electron chi connectivity index (χ0n) is 13.9. The monoisotopic (exact) mass is 328 g/mol. The molecular formula is C19H21FN2O2. The highest BCUT2D eigenvalue weighted by Crippen LogP contribution is 2.25. The van der Waals surface area contributed by atoms with Crippen molar-refractivity contribution in [3.8, 4) is 16.9 Å². The number of carbonyl (C=O) groups is 1. The summed E-state index contributed by atoms with van der Waals surface area (Å²) < 4.78 is 19.6. The number of ether oxygens (including phenoxy) is 1. The fourth-order valence-electron chi connectivity index (χ4n) is 2.94. The molecule has 0 aromatic heterocycles. The van der Waals surface area contributed by atoms with Crippen molar-refractivity contribution >= 4 is 5.91 Å². The van der Waals surface area contributed by atoms with Crippen molar-refractivity contribution in [3.63, 3.8) is 0 Å². The second kappa shape index (κ2) is 7.01. The maximum absolute atomic E-state index is 14.5. The maximum atomic E-state index is 14.5. The van der Waals surface area contributed by atoms with Gasteiger partial charge in [0, 0.05) is 25.7 Å². The minimum Gasteiger partial charge on any atom is -0.497 e. The van der Waals surface area contributed by atoms with Gasteiger partial charge in [-0.05, 0) is 42.3 Å². The van der Waals surface area contributed by atoms with Gasteiger partial charge in [-0.15, -0.1) is 0 Å². The molecular weight excluding hydrogens is 307 g/mol. The number of benzene rings is 2. The number of amides is 1. The van der Waals surface area contributed by atoms with Gasteiger partial charge in [0.25, 0.3) is 5.91 Å². The highest BCUT2D eigenvalue weighted by atomic mass is 19.1. The first-order valence-corrected chi connectivity index (χ1v) is 8.05. The predicted octanol–water partition coefficient (Wildman–Crippen LogP) is 2.94. The number of nitrogens with zero attached hydrogens (tertiary/aromatic N) is 1. The largest absolute Gasteiger partial charge is 0.497 e. The van der Waals surface area contributed by atoms with Crippen molar-refractivity contribution < 1.29 is 13.9 Å². The molecule has 5 heteroatoms. The average molecular weight is 328 g/mol. The van der Waals surface area contributed by atoms with Crippen molar-refractivity contribution in [1.82, 2.24) is 10.2 Å². The first kappa shape index (κ1) is 16.5. The molecule has 1 aliphatic heterocycles. The molecule has 126 valence electrons. The van der Waals surface area contributed by atoms with Crippen LogP contribution in [0.15, 0.2) is 42.5 Å². The molecule has 24 heavy (non-hydrogen) atoms. The van der Waals surface area contributed by atoms with E-state index in [2.05, 4.69) is 5.32 Å². The number of nitrogens with one attached hydrogen (secondary N) is 1. The minimum atomic E-state index is -0.487. The normalized spacial score (nSPS) is 17.6. The number of piperazine rings is 1. The van der Waals surface area contributed by atoms with E-state index in [0.29, 0.717) is 13.1 Å². The highest BCUT2D eigenvalue weighted by molar-refractivity contribution is 5.95. The molecule has 0 aliphatic carbocycles. The van der Waals surface area contributed by atoms with Gasteiger partial charge in [-0.2, -0.15) is 0 Å². The number of hydrogen-bond acceptors (Lipinski definition) is 3. The molecule has 2 aromatic rings. The summed E-state index contributed by atoms with van der Waals surface area (Å²) in [6.07, 6.45) is 0. The summed E-state index contributed by atoms with van der Waals surface area (Å²) >= 11 is 0. The second-order valence-corrected chi connectivity index (χ2v) is 6.03. The first-order chi connectivity index (χ1) is 11.6. The van der Waals surface area contributed by atoms with E-state index < -0.39 is 5.82 Å². The molecule has 1 heterocycles. The second-order valence-electron chi connectivity index (χ2n) is 6.03. The van der Waals surface area contributed by atoms with Crippen LogP contribution in [0.3, 0.4) is 0 Å². The Morgan fingerprint density at radius 3 is 2.54 bits per heavy atom. The zero-order chi connectivity index (χ0) is 17.1. The number of rotatable bonds is 3. The lowest BCUT2D eigenvalue weighted by atomic mass is 10.0. The summed E-state index contributed by atoms with van der Waals surface area (Å²) in [6.45, 7) is 3.95. The smallest absolute Gasteiger partial charge is 0.256 e. The van der Waals surface area contributed by atoms with Gasteiger partial charge in [-0.1, -0.05) is 18.2 Å². The van der Waals surface area contributed by atoms with E-state index >= 15 is 0 Å². The van der Waals surface area contributed by atoms with Crippen LogP contribution in [0, 0.1) is 5.82 Å². The quantitative estimate of drug-likeness (QED) is 0.942. The molecule has 0 bridgehead atoms. The van der Waals surface area contributed by atoms with E-state index in [4.69, 9.17) is 4.74 Å². The summed E-state index contributed by atoms with van der Waals surface area (Å²) in [6, 6.07) is 12.4. The van der Waals surface area contributed by atoms with Gasteiger partial charge in [-0.3, -0.25) is 4.79 Å². The third-order valence-electron chi connectivity index (χ3n) is 4.28. The number of carbonyl (C=O) groups excluding carboxylic acids is 1. The molecule has 1 fully saturated rings. The summed E-state index contributed by atoms with van der Waals surface area (Å²) in [5.41, 5.74) is 1.74. The van der Waals surface area contributed by atoms with E-state index in [9.17, 15) is 9.18 Å². The van der Waals surface area contributed by atoms with E-state index in [1.54, 1.807) is 24.1 Å². The van der Waals surface area contributed by atoms with Gasteiger partial charge < -0.3 is 15.0 Å². The summed E-state index contributed by atoms with van der Waals surface area (Å²) in [5, 5.41) is 3.27. The molecule has 1 N–H and O–H groups in total. The molecule has 3 rings (SSSR count). The van der Waals surface area contributed by atoms with E-state index in [-0.39, 0.29) is 17.5 Å². The van der Waals surface area contributed by atoms with Crippen LogP contribution in [0.2, 0.25) is 0 Å². The SMILES string of the molecule is COc1ccc(-c2ccc(C(=O)N3CCNC(C)C3)c(F)c2)cc1. The topological polar surface area (TPSA) is 41.6 Å². The average Bonchev–Trinajstić information content (AvgIpc) is 2.61. The van der Waals surface area contributed by atoms with Gasteiger partial charge in [0.05, 0.1) is 12.7 Å². The molecule has 2 aromatic carbocycles. The van der Waals surface area contributed by atoms with Gasteiger partial charge in [-0.25, -0.2) is 4.39 Å².